The van der Waals surface area contributed by atoms with Gasteiger partial charge in [0.15, 0.2) is 0 Å². The van der Waals surface area contributed by atoms with E-state index < -0.39 is 0 Å². The Labute approximate surface area is 138 Å². The minimum atomic E-state index is 0.188. The summed E-state index contributed by atoms with van der Waals surface area (Å²) in [6, 6.07) is 8.69. The molecule has 1 aliphatic carbocycles. The van der Waals surface area contributed by atoms with Crippen molar-refractivity contribution in [3.05, 3.63) is 35.4 Å². The van der Waals surface area contributed by atoms with Gasteiger partial charge in [0.25, 0.3) is 0 Å². The zero-order chi connectivity index (χ0) is 16.2. The first-order valence-corrected chi connectivity index (χ1v) is 8.85. The molecule has 0 radical (unpaired) electrons. The Kier molecular flexibility index (Phi) is 4.99. The zero-order valence-electron chi connectivity index (χ0n) is 14.0. The molecule has 124 valence electrons. The molecule has 0 unspecified atom stereocenters. The van der Waals surface area contributed by atoms with Crippen molar-refractivity contribution in [2.75, 3.05) is 19.6 Å². The Hall–Kier alpha value is -1.84. The molecule has 4 heteroatoms. The number of aryl methyl sites for hydroxylation is 1. The molecule has 23 heavy (non-hydrogen) atoms. The summed E-state index contributed by atoms with van der Waals surface area (Å²) in [7, 11) is 0. The van der Waals surface area contributed by atoms with Gasteiger partial charge in [-0.2, -0.15) is 0 Å². The topological polar surface area (TPSA) is 40.6 Å². The first kappa shape index (κ1) is 16.0. The Morgan fingerprint density at radius 1 is 1.30 bits per heavy atom. The van der Waals surface area contributed by atoms with Gasteiger partial charge in [0.05, 0.1) is 6.04 Å². The number of rotatable bonds is 6. The third-order valence-electron chi connectivity index (χ3n) is 5.03. The molecule has 3 rings (SSSR count). The molecular formula is C19H26N2O2. The maximum absolute atomic E-state index is 12.8. The molecule has 1 heterocycles. The van der Waals surface area contributed by atoms with Crippen LogP contribution >= 0.6 is 0 Å². The molecule has 0 aromatic heterocycles. The summed E-state index contributed by atoms with van der Waals surface area (Å²) in [6.07, 6.45) is 5.06. The van der Waals surface area contributed by atoms with Gasteiger partial charge in [-0.15, -0.1) is 0 Å². The lowest BCUT2D eigenvalue weighted by Gasteiger charge is -2.30. The van der Waals surface area contributed by atoms with Crippen molar-refractivity contribution in [1.82, 2.24) is 9.80 Å². The maximum Gasteiger partial charge on any atom is 0.224 e. The van der Waals surface area contributed by atoms with Gasteiger partial charge >= 0.3 is 0 Å². The largest absolute Gasteiger partial charge is 0.342 e. The summed E-state index contributed by atoms with van der Waals surface area (Å²) < 4.78 is 0. The minimum absolute atomic E-state index is 0.188. The molecule has 1 atom stereocenters. The van der Waals surface area contributed by atoms with Crippen LogP contribution in [0.1, 0.15) is 56.2 Å². The molecule has 0 bridgehead atoms. The van der Waals surface area contributed by atoms with Crippen LogP contribution in [0.5, 0.6) is 0 Å². The highest BCUT2D eigenvalue weighted by atomic mass is 16.2. The van der Waals surface area contributed by atoms with Crippen molar-refractivity contribution in [1.29, 1.82) is 0 Å². The summed E-state index contributed by atoms with van der Waals surface area (Å²) in [6.45, 7) is 4.30. The number of carbonyl (C=O) groups is 2. The molecule has 2 aliphatic rings. The van der Waals surface area contributed by atoms with Gasteiger partial charge in [-0.25, -0.2) is 0 Å². The van der Waals surface area contributed by atoms with Gasteiger partial charge in [-0.1, -0.05) is 31.2 Å². The van der Waals surface area contributed by atoms with Crippen LogP contribution in [-0.2, 0) is 16.0 Å². The van der Waals surface area contributed by atoms with Crippen molar-refractivity contribution in [2.24, 2.45) is 0 Å². The predicted molar refractivity (Wildman–Crippen MR) is 89.9 cm³/mol. The zero-order valence-corrected chi connectivity index (χ0v) is 14.0. The first-order valence-electron chi connectivity index (χ1n) is 8.85. The van der Waals surface area contributed by atoms with E-state index in [1.807, 2.05) is 9.80 Å². The molecule has 4 nitrogen and oxygen atoms in total. The van der Waals surface area contributed by atoms with E-state index in [4.69, 9.17) is 0 Å². The Bertz CT molecular complexity index is 584. The molecule has 1 aromatic carbocycles. The van der Waals surface area contributed by atoms with Crippen LogP contribution in [-0.4, -0.2) is 41.2 Å². The van der Waals surface area contributed by atoms with Crippen LogP contribution in [0.2, 0.25) is 0 Å². The monoisotopic (exact) mass is 314 g/mol. The number of amides is 2. The predicted octanol–water partition coefficient (Wildman–Crippen LogP) is 2.93. The van der Waals surface area contributed by atoms with E-state index >= 15 is 0 Å². The third kappa shape index (κ3) is 3.41. The highest BCUT2D eigenvalue weighted by Gasteiger charge is 2.30. The number of hydrogen-bond donors (Lipinski definition) is 0. The lowest BCUT2D eigenvalue weighted by molar-refractivity contribution is -0.135. The number of likely N-dealkylation sites (tertiary alicyclic amines) is 1. The number of fused-ring (bicyclic) bond motifs is 1. The van der Waals surface area contributed by atoms with Crippen LogP contribution < -0.4 is 0 Å². The van der Waals surface area contributed by atoms with Crippen LogP contribution in [0.4, 0.5) is 0 Å². The van der Waals surface area contributed by atoms with Crippen LogP contribution in [0.15, 0.2) is 24.3 Å². The summed E-state index contributed by atoms with van der Waals surface area (Å²) in [5, 5.41) is 0. The van der Waals surface area contributed by atoms with Crippen molar-refractivity contribution in [3.63, 3.8) is 0 Å². The minimum Gasteiger partial charge on any atom is -0.342 e. The van der Waals surface area contributed by atoms with E-state index in [-0.39, 0.29) is 17.9 Å². The van der Waals surface area contributed by atoms with E-state index in [0.717, 1.165) is 38.8 Å². The Balaban J connectivity index is 1.66. The van der Waals surface area contributed by atoms with Crippen LogP contribution in [0.3, 0.4) is 0 Å². The molecule has 0 N–H and O–H groups in total. The van der Waals surface area contributed by atoms with Crippen molar-refractivity contribution in [2.45, 2.75) is 51.5 Å². The normalized spacial score (nSPS) is 20.0. The molecule has 1 fully saturated rings. The van der Waals surface area contributed by atoms with Crippen molar-refractivity contribution in [3.8, 4) is 0 Å². The molecular weight excluding hydrogens is 288 g/mol. The Morgan fingerprint density at radius 3 is 2.87 bits per heavy atom. The third-order valence-corrected chi connectivity index (χ3v) is 5.03. The fraction of sp³-hybridized carbons (Fsp3) is 0.579. The molecule has 0 spiro atoms. The van der Waals surface area contributed by atoms with Gasteiger partial charge < -0.3 is 9.80 Å². The van der Waals surface area contributed by atoms with Crippen LogP contribution in [0, 0.1) is 0 Å². The highest BCUT2D eigenvalue weighted by Crippen LogP contribution is 2.36. The number of carbonyl (C=O) groups excluding carboxylic acids is 2. The van der Waals surface area contributed by atoms with Crippen molar-refractivity contribution >= 4 is 11.8 Å². The molecule has 2 amide bonds. The summed E-state index contributed by atoms with van der Waals surface area (Å²) in [5.74, 6) is 0.388. The van der Waals surface area contributed by atoms with Crippen LogP contribution in [0.25, 0.3) is 0 Å². The van der Waals surface area contributed by atoms with Crippen molar-refractivity contribution < 1.29 is 9.59 Å². The first-order chi connectivity index (χ1) is 11.2. The fourth-order valence-corrected chi connectivity index (χ4v) is 3.87. The van der Waals surface area contributed by atoms with E-state index in [9.17, 15) is 9.59 Å². The van der Waals surface area contributed by atoms with Gasteiger partial charge in [-0.05, 0) is 36.8 Å². The van der Waals surface area contributed by atoms with E-state index in [0.29, 0.717) is 19.4 Å². The maximum atomic E-state index is 12.8. The van der Waals surface area contributed by atoms with Gasteiger partial charge in [0.2, 0.25) is 11.8 Å². The number of hydrogen-bond acceptors (Lipinski definition) is 2. The lowest BCUT2D eigenvalue weighted by atomic mass is 10.1. The molecule has 1 aromatic rings. The summed E-state index contributed by atoms with van der Waals surface area (Å²) in [4.78, 5) is 28.4. The smallest absolute Gasteiger partial charge is 0.224 e. The molecule has 1 saturated heterocycles. The summed E-state index contributed by atoms with van der Waals surface area (Å²) in [5.41, 5.74) is 2.69. The second-order valence-corrected chi connectivity index (χ2v) is 6.57. The number of nitrogens with zero attached hydrogens (tertiary/aromatic N) is 2. The second kappa shape index (κ2) is 7.16. The molecule has 1 aliphatic heterocycles. The summed E-state index contributed by atoms with van der Waals surface area (Å²) >= 11 is 0. The number of benzene rings is 1. The average molecular weight is 314 g/mol. The van der Waals surface area contributed by atoms with Gasteiger partial charge in [0, 0.05) is 32.5 Å². The molecule has 0 saturated carbocycles. The van der Waals surface area contributed by atoms with E-state index in [2.05, 4.69) is 31.2 Å². The second-order valence-electron chi connectivity index (χ2n) is 6.57. The van der Waals surface area contributed by atoms with E-state index in [1.54, 1.807) is 0 Å². The lowest BCUT2D eigenvalue weighted by Crippen LogP contribution is -2.37. The standard InChI is InChI=1S/C19H26N2O2/c1-2-12-21(17-10-9-15-6-3-4-7-16(15)17)19(23)11-14-20-13-5-8-18(20)22/h3-4,6-7,17H,2,5,8-14H2,1H3/t17-/m0/s1. The quantitative estimate of drug-likeness (QED) is 0.810. The average Bonchev–Trinajstić information content (AvgIpc) is 3.16. The SMILES string of the molecule is CCCN(C(=O)CCN1CCCC1=O)[C@H]1CCc2ccccc21. The highest BCUT2D eigenvalue weighted by molar-refractivity contribution is 5.80. The van der Waals surface area contributed by atoms with E-state index in [1.165, 1.54) is 11.1 Å². The van der Waals surface area contributed by atoms with Gasteiger partial charge in [0.1, 0.15) is 0 Å². The Morgan fingerprint density at radius 2 is 2.13 bits per heavy atom. The fourth-order valence-electron chi connectivity index (χ4n) is 3.87. The van der Waals surface area contributed by atoms with Gasteiger partial charge in [-0.3, -0.25) is 9.59 Å².